The van der Waals surface area contributed by atoms with Crippen LogP contribution in [0.4, 0.5) is 4.79 Å². The molecule has 0 aromatic carbocycles. The van der Waals surface area contributed by atoms with Crippen LogP contribution in [0, 0.1) is 16.2 Å². The predicted molar refractivity (Wildman–Crippen MR) is 148 cm³/mol. The lowest BCUT2D eigenvalue weighted by atomic mass is 9.71. The maximum Gasteiger partial charge on any atom is 0.408 e. The number of alkyl carbamates (subject to hydrolysis) is 1. The van der Waals surface area contributed by atoms with Crippen molar-refractivity contribution in [1.29, 1.82) is 0 Å². The minimum absolute atomic E-state index is 0.0166. The summed E-state index contributed by atoms with van der Waals surface area (Å²) in [5, 5.41) is 55.3. The Bertz CT molecular complexity index is 768. The molecule has 6 N–H and O–H groups in total. The van der Waals surface area contributed by atoms with Gasteiger partial charge in [0.1, 0.15) is 23.9 Å². The van der Waals surface area contributed by atoms with Crippen molar-refractivity contribution >= 4 is 6.09 Å². The number of ether oxygens (including phenoxy) is 2. The lowest BCUT2D eigenvalue weighted by molar-refractivity contribution is -0.118. The lowest BCUT2D eigenvalue weighted by Crippen LogP contribution is -2.52. The van der Waals surface area contributed by atoms with Crippen LogP contribution in [0.2, 0.25) is 0 Å². The molecule has 0 saturated heterocycles. The van der Waals surface area contributed by atoms with Gasteiger partial charge in [0.25, 0.3) is 0 Å². The van der Waals surface area contributed by atoms with Gasteiger partial charge in [0, 0.05) is 6.42 Å². The Morgan fingerprint density at radius 1 is 0.921 bits per heavy atom. The van der Waals surface area contributed by atoms with Gasteiger partial charge >= 0.3 is 6.09 Å². The predicted octanol–water partition coefficient (Wildman–Crippen LogP) is 3.30. The first-order valence-corrected chi connectivity index (χ1v) is 13.7. The monoisotopic (exact) mass is 545 g/mol. The van der Waals surface area contributed by atoms with Crippen LogP contribution in [-0.2, 0) is 9.47 Å². The molecule has 0 spiro atoms. The van der Waals surface area contributed by atoms with E-state index in [2.05, 4.69) is 46.9 Å². The zero-order valence-corrected chi connectivity index (χ0v) is 25.2. The van der Waals surface area contributed by atoms with Crippen LogP contribution >= 0.6 is 0 Å². The fraction of sp³-hybridized carbons (Fsp3) is 0.897. The van der Waals surface area contributed by atoms with E-state index >= 15 is 0 Å². The van der Waals surface area contributed by atoms with E-state index < -0.39 is 59.8 Å². The molecule has 1 aliphatic rings. The van der Waals surface area contributed by atoms with E-state index in [0.717, 1.165) is 0 Å². The van der Waals surface area contributed by atoms with Crippen molar-refractivity contribution in [3.8, 4) is 0 Å². The lowest BCUT2D eigenvalue weighted by Gasteiger charge is -2.38. The van der Waals surface area contributed by atoms with E-state index in [9.17, 15) is 30.3 Å². The third-order valence-electron chi connectivity index (χ3n) is 6.72. The maximum absolute atomic E-state index is 12.9. The Balaban J connectivity index is 3.03. The average molecular weight is 546 g/mol. The molecule has 1 amide bonds. The first-order chi connectivity index (χ1) is 17.0. The van der Waals surface area contributed by atoms with Gasteiger partial charge in [-0.2, -0.15) is 0 Å². The quantitative estimate of drug-likeness (QED) is 0.217. The Kier molecular flexibility index (Phi) is 12.3. The van der Waals surface area contributed by atoms with E-state index in [4.69, 9.17) is 9.47 Å². The molecule has 7 atom stereocenters. The highest BCUT2D eigenvalue weighted by Gasteiger charge is 2.38. The van der Waals surface area contributed by atoms with Gasteiger partial charge in [0.15, 0.2) is 0 Å². The van der Waals surface area contributed by atoms with Gasteiger partial charge in [-0.25, -0.2) is 4.79 Å². The molecule has 1 rings (SSSR count). The number of carbonyl (C=O) groups excluding carboxylic acids is 1. The molecule has 224 valence electrons. The fourth-order valence-corrected chi connectivity index (χ4v) is 5.61. The number of rotatable bonds is 11. The summed E-state index contributed by atoms with van der Waals surface area (Å²) in [6, 6.07) is -0.963. The molecule has 7 unspecified atom stereocenters. The van der Waals surface area contributed by atoms with Crippen LogP contribution in [0.25, 0.3) is 0 Å². The summed E-state index contributed by atoms with van der Waals surface area (Å²) in [7, 11) is 0. The first kappa shape index (κ1) is 34.8. The molecular weight excluding hydrogens is 490 g/mol. The second-order valence-corrected chi connectivity index (χ2v) is 14.7. The zero-order chi connectivity index (χ0) is 29.7. The smallest absolute Gasteiger partial charge is 0.408 e. The van der Waals surface area contributed by atoms with E-state index in [0.29, 0.717) is 12.8 Å². The number of hydrogen-bond donors (Lipinski definition) is 6. The third-order valence-corrected chi connectivity index (χ3v) is 6.72. The van der Waals surface area contributed by atoms with E-state index in [-0.39, 0.29) is 30.3 Å². The SMILES string of the molecule is CC(C)(C)CC(C)(C)OC(=O)NC(COC1CC=CC(O)C(O)C1O)C(O)CC(O)C(C)(C)CC(C)(C)C. The van der Waals surface area contributed by atoms with Crippen LogP contribution in [-0.4, -0.2) is 86.5 Å². The standard InChI is InChI=1S/C29H55NO8/c1-26(2,3)16-28(7,8)22(33)14-20(32)18(30-25(36)38-29(9,10)17-27(4,5)6)15-37-21-13-11-12-19(31)23(34)24(21)35/h11-12,18-24,31-35H,13-17H2,1-10H3,(H,30,36). The highest BCUT2D eigenvalue weighted by molar-refractivity contribution is 5.68. The van der Waals surface area contributed by atoms with Crippen LogP contribution < -0.4 is 5.32 Å². The summed E-state index contributed by atoms with van der Waals surface area (Å²) in [5.74, 6) is 0. The highest BCUT2D eigenvalue weighted by atomic mass is 16.6. The Labute approximate surface area is 229 Å². The summed E-state index contributed by atoms with van der Waals surface area (Å²) >= 11 is 0. The fourth-order valence-electron chi connectivity index (χ4n) is 5.61. The summed E-state index contributed by atoms with van der Waals surface area (Å²) in [6.45, 7) is 19.7. The zero-order valence-electron chi connectivity index (χ0n) is 25.2. The number of amides is 1. The highest BCUT2D eigenvalue weighted by Crippen LogP contribution is 2.37. The second-order valence-electron chi connectivity index (χ2n) is 14.7. The van der Waals surface area contributed by atoms with Crippen molar-refractivity contribution in [2.75, 3.05) is 6.61 Å². The van der Waals surface area contributed by atoms with Crippen molar-refractivity contribution in [3.63, 3.8) is 0 Å². The minimum atomic E-state index is -1.43. The summed E-state index contributed by atoms with van der Waals surface area (Å²) in [4.78, 5) is 12.9. The van der Waals surface area contributed by atoms with Crippen molar-refractivity contribution in [2.45, 2.75) is 143 Å². The maximum atomic E-state index is 12.9. The van der Waals surface area contributed by atoms with Gasteiger partial charge in [0.05, 0.1) is 31.0 Å². The largest absolute Gasteiger partial charge is 0.444 e. The van der Waals surface area contributed by atoms with Crippen molar-refractivity contribution in [3.05, 3.63) is 12.2 Å². The minimum Gasteiger partial charge on any atom is -0.444 e. The second kappa shape index (κ2) is 13.4. The van der Waals surface area contributed by atoms with Gasteiger partial charge in [0.2, 0.25) is 0 Å². The molecule has 0 radical (unpaired) electrons. The summed E-state index contributed by atoms with van der Waals surface area (Å²) in [5.41, 5.74) is -1.38. The number of aliphatic hydroxyl groups is 5. The van der Waals surface area contributed by atoms with Gasteiger partial charge < -0.3 is 40.3 Å². The Morgan fingerprint density at radius 2 is 1.47 bits per heavy atom. The average Bonchev–Trinajstić information content (AvgIpc) is 2.80. The molecule has 0 fully saturated rings. The normalized spacial score (nSPS) is 25.9. The van der Waals surface area contributed by atoms with Gasteiger partial charge in [-0.1, -0.05) is 67.5 Å². The molecule has 0 heterocycles. The van der Waals surface area contributed by atoms with Gasteiger partial charge in [-0.15, -0.1) is 0 Å². The number of nitrogens with one attached hydrogen (secondary N) is 1. The summed E-state index contributed by atoms with van der Waals surface area (Å²) < 4.78 is 11.5. The molecule has 0 bridgehead atoms. The molecule has 0 aromatic rings. The number of aliphatic hydroxyl groups excluding tert-OH is 5. The van der Waals surface area contributed by atoms with Crippen LogP contribution in [0.15, 0.2) is 12.2 Å². The van der Waals surface area contributed by atoms with Crippen LogP contribution in [0.3, 0.4) is 0 Å². The van der Waals surface area contributed by atoms with Crippen molar-refractivity contribution in [1.82, 2.24) is 5.32 Å². The Hall–Kier alpha value is -1.23. The van der Waals surface area contributed by atoms with E-state index in [1.54, 1.807) is 6.08 Å². The summed E-state index contributed by atoms with van der Waals surface area (Å²) in [6.07, 6.45) is -3.14. The molecular formula is C29H55NO8. The molecule has 1 aliphatic carbocycles. The molecule has 9 nitrogen and oxygen atoms in total. The van der Waals surface area contributed by atoms with Crippen LogP contribution in [0.5, 0.6) is 0 Å². The van der Waals surface area contributed by atoms with Crippen molar-refractivity contribution < 1.29 is 39.8 Å². The van der Waals surface area contributed by atoms with E-state index in [1.165, 1.54) is 6.08 Å². The third kappa shape index (κ3) is 12.3. The Morgan fingerprint density at radius 3 is 2.00 bits per heavy atom. The molecule has 38 heavy (non-hydrogen) atoms. The molecule has 0 aliphatic heterocycles. The van der Waals surface area contributed by atoms with Crippen LogP contribution in [0.1, 0.15) is 94.9 Å². The van der Waals surface area contributed by atoms with E-state index in [1.807, 2.05) is 27.7 Å². The number of hydrogen-bond acceptors (Lipinski definition) is 8. The number of carbonyl (C=O) groups is 1. The first-order valence-electron chi connectivity index (χ1n) is 13.7. The molecule has 9 heteroatoms. The topological polar surface area (TPSA) is 149 Å². The van der Waals surface area contributed by atoms with Crippen molar-refractivity contribution in [2.24, 2.45) is 16.2 Å². The van der Waals surface area contributed by atoms with Gasteiger partial charge in [-0.3, -0.25) is 0 Å². The van der Waals surface area contributed by atoms with Gasteiger partial charge in [-0.05, 0) is 49.4 Å². The molecule has 0 aromatic heterocycles. The molecule has 0 saturated carbocycles.